The number of rotatable bonds is 7. The van der Waals surface area contributed by atoms with Crippen LogP contribution in [0.4, 0.5) is 8.78 Å². The zero-order valence-electron chi connectivity index (χ0n) is 17.1. The van der Waals surface area contributed by atoms with Crippen LogP contribution >= 0.6 is 0 Å². The van der Waals surface area contributed by atoms with Gasteiger partial charge in [0.25, 0.3) is 0 Å². The van der Waals surface area contributed by atoms with Crippen molar-refractivity contribution < 1.29 is 13.5 Å². The van der Waals surface area contributed by atoms with Crippen LogP contribution in [0.5, 0.6) is 5.75 Å². The van der Waals surface area contributed by atoms with E-state index in [1.54, 1.807) is 19.1 Å². The summed E-state index contributed by atoms with van der Waals surface area (Å²) < 4.78 is 33.8. The molecule has 1 aromatic carbocycles. The van der Waals surface area contributed by atoms with Crippen molar-refractivity contribution in [2.24, 2.45) is 17.8 Å². The Bertz CT molecular complexity index is 584. The van der Waals surface area contributed by atoms with E-state index >= 15 is 0 Å². The predicted octanol–water partition coefficient (Wildman–Crippen LogP) is 7.63. The SMILES string of the molecule is CCOc1ccc([C@H]2CC[C@H](CCC3CCC(CC)CC3)CC2)c(F)c1F. The fourth-order valence-electron chi connectivity index (χ4n) is 5.29. The molecule has 2 aliphatic rings. The van der Waals surface area contributed by atoms with Crippen molar-refractivity contribution in [1.29, 1.82) is 0 Å². The van der Waals surface area contributed by atoms with Gasteiger partial charge in [-0.15, -0.1) is 0 Å². The lowest BCUT2D eigenvalue weighted by molar-refractivity contribution is 0.227. The van der Waals surface area contributed by atoms with E-state index in [4.69, 9.17) is 4.74 Å². The van der Waals surface area contributed by atoms with Crippen molar-refractivity contribution in [2.75, 3.05) is 6.61 Å². The first-order chi connectivity index (χ1) is 13.1. The summed E-state index contributed by atoms with van der Waals surface area (Å²) in [5.74, 6) is 1.36. The highest BCUT2D eigenvalue weighted by molar-refractivity contribution is 5.33. The van der Waals surface area contributed by atoms with E-state index in [9.17, 15) is 8.78 Å². The third-order valence-electron chi connectivity index (χ3n) is 7.19. The minimum atomic E-state index is -0.820. The maximum Gasteiger partial charge on any atom is 0.200 e. The molecule has 0 radical (unpaired) electrons. The maximum absolute atomic E-state index is 14.5. The van der Waals surface area contributed by atoms with Crippen LogP contribution in [-0.4, -0.2) is 6.61 Å². The first-order valence-corrected chi connectivity index (χ1v) is 11.2. The van der Waals surface area contributed by atoms with Gasteiger partial charge < -0.3 is 4.74 Å². The van der Waals surface area contributed by atoms with Crippen molar-refractivity contribution in [3.8, 4) is 5.75 Å². The molecule has 3 heteroatoms. The summed E-state index contributed by atoms with van der Waals surface area (Å²) in [6.07, 6.45) is 14.0. The van der Waals surface area contributed by atoms with Gasteiger partial charge in [-0.05, 0) is 67.9 Å². The summed E-state index contributed by atoms with van der Waals surface area (Å²) in [5, 5.41) is 0. The number of hydrogen-bond acceptors (Lipinski definition) is 1. The number of halogens is 2. The number of ether oxygens (including phenoxy) is 1. The van der Waals surface area contributed by atoms with Gasteiger partial charge in [-0.25, -0.2) is 4.39 Å². The Morgan fingerprint density at radius 2 is 1.33 bits per heavy atom. The van der Waals surface area contributed by atoms with Crippen LogP contribution in [0, 0.1) is 29.4 Å². The zero-order valence-corrected chi connectivity index (χ0v) is 17.1. The minimum absolute atomic E-state index is 0.0326. The van der Waals surface area contributed by atoms with Gasteiger partial charge in [0.15, 0.2) is 11.6 Å². The maximum atomic E-state index is 14.5. The largest absolute Gasteiger partial charge is 0.491 e. The second kappa shape index (κ2) is 9.89. The average molecular weight is 379 g/mol. The molecule has 0 amide bonds. The molecule has 0 atom stereocenters. The fourth-order valence-corrected chi connectivity index (χ4v) is 5.29. The summed E-state index contributed by atoms with van der Waals surface area (Å²) in [7, 11) is 0. The summed E-state index contributed by atoms with van der Waals surface area (Å²) in [4.78, 5) is 0. The molecule has 3 rings (SSSR count). The molecule has 0 aromatic heterocycles. The van der Waals surface area contributed by atoms with E-state index in [0.717, 1.165) is 43.4 Å². The van der Waals surface area contributed by atoms with Crippen LogP contribution in [-0.2, 0) is 0 Å². The average Bonchev–Trinajstić information content (AvgIpc) is 2.71. The Kier molecular flexibility index (Phi) is 7.55. The Morgan fingerprint density at radius 1 is 0.778 bits per heavy atom. The van der Waals surface area contributed by atoms with Crippen LogP contribution < -0.4 is 4.74 Å². The minimum Gasteiger partial charge on any atom is -0.491 e. The lowest BCUT2D eigenvalue weighted by Gasteiger charge is -2.32. The molecule has 2 saturated carbocycles. The highest BCUT2D eigenvalue weighted by Gasteiger charge is 2.27. The Balaban J connectivity index is 1.46. The van der Waals surface area contributed by atoms with Gasteiger partial charge in [0, 0.05) is 0 Å². The number of benzene rings is 1. The quantitative estimate of drug-likeness (QED) is 0.474. The van der Waals surface area contributed by atoms with Crippen LogP contribution in [0.1, 0.15) is 96.0 Å². The van der Waals surface area contributed by atoms with Gasteiger partial charge in [-0.1, -0.05) is 57.9 Å². The predicted molar refractivity (Wildman–Crippen MR) is 107 cm³/mol. The lowest BCUT2D eigenvalue weighted by Crippen LogP contribution is -2.18. The molecule has 0 spiro atoms. The molecule has 1 nitrogen and oxygen atoms in total. The molecule has 0 heterocycles. The normalized spacial score (nSPS) is 28.9. The molecule has 0 bridgehead atoms. The molecule has 0 N–H and O–H groups in total. The van der Waals surface area contributed by atoms with Gasteiger partial charge in [-0.2, -0.15) is 4.39 Å². The standard InChI is InChI=1S/C24H36F2O/c1-3-17-5-7-18(8-6-17)9-10-19-11-13-20(14-12-19)21-15-16-22(27-4-2)24(26)23(21)25/h15-20H,3-14H2,1-2H3/t17?,18?,19-,20-. The molecule has 2 aliphatic carbocycles. The molecular formula is C24H36F2O. The van der Waals surface area contributed by atoms with Crippen molar-refractivity contribution in [3.63, 3.8) is 0 Å². The van der Waals surface area contributed by atoms with Gasteiger partial charge >= 0.3 is 0 Å². The summed E-state index contributed by atoms with van der Waals surface area (Å²) in [6, 6.07) is 3.33. The smallest absolute Gasteiger partial charge is 0.200 e. The second-order valence-corrected chi connectivity index (χ2v) is 8.80. The summed E-state index contributed by atoms with van der Waals surface area (Å²) in [5.41, 5.74) is 0.548. The Morgan fingerprint density at radius 3 is 1.89 bits per heavy atom. The Hall–Kier alpha value is -1.12. The third-order valence-corrected chi connectivity index (χ3v) is 7.19. The van der Waals surface area contributed by atoms with E-state index in [1.807, 2.05) is 0 Å². The van der Waals surface area contributed by atoms with Crippen molar-refractivity contribution in [3.05, 3.63) is 29.3 Å². The van der Waals surface area contributed by atoms with Crippen LogP contribution in [0.25, 0.3) is 0 Å². The van der Waals surface area contributed by atoms with Gasteiger partial charge in [0.2, 0.25) is 5.82 Å². The van der Waals surface area contributed by atoms with Gasteiger partial charge in [0.05, 0.1) is 6.61 Å². The summed E-state index contributed by atoms with van der Waals surface area (Å²) in [6.45, 7) is 4.45. The molecule has 27 heavy (non-hydrogen) atoms. The molecule has 0 aliphatic heterocycles. The lowest BCUT2D eigenvalue weighted by atomic mass is 9.74. The fraction of sp³-hybridized carbons (Fsp3) is 0.750. The highest BCUT2D eigenvalue weighted by atomic mass is 19.2. The first kappa shape index (κ1) is 20.6. The molecule has 1 aromatic rings. The molecule has 2 fully saturated rings. The molecule has 0 unspecified atom stereocenters. The van der Waals surface area contributed by atoms with Crippen LogP contribution in [0.15, 0.2) is 12.1 Å². The van der Waals surface area contributed by atoms with E-state index in [2.05, 4.69) is 6.92 Å². The van der Waals surface area contributed by atoms with Gasteiger partial charge in [0.1, 0.15) is 0 Å². The monoisotopic (exact) mass is 378 g/mol. The topological polar surface area (TPSA) is 9.23 Å². The Labute approximate surface area is 163 Å². The highest BCUT2D eigenvalue weighted by Crippen LogP contribution is 2.41. The summed E-state index contributed by atoms with van der Waals surface area (Å²) >= 11 is 0. The van der Waals surface area contributed by atoms with Crippen molar-refractivity contribution >= 4 is 0 Å². The number of hydrogen-bond donors (Lipinski definition) is 0. The third kappa shape index (κ3) is 5.23. The van der Waals surface area contributed by atoms with E-state index in [-0.39, 0.29) is 11.7 Å². The van der Waals surface area contributed by atoms with Crippen molar-refractivity contribution in [1.82, 2.24) is 0 Å². The van der Waals surface area contributed by atoms with Crippen LogP contribution in [0.2, 0.25) is 0 Å². The van der Waals surface area contributed by atoms with E-state index in [1.165, 1.54) is 44.9 Å². The van der Waals surface area contributed by atoms with Crippen LogP contribution in [0.3, 0.4) is 0 Å². The second-order valence-electron chi connectivity index (χ2n) is 8.80. The first-order valence-electron chi connectivity index (χ1n) is 11.2. The van der Waals surface area contributed by atoms with E-state index < -0.39 is 11.6 Å². The van der Waals surface area contributed by atoms with Crippen molar-refractivity contribution in [2.45, 2.75) is 90.4 Å². The van der Waals surface area contributed by atoms with Gasteiger partial charge in [-0.3, -0.25) is 0 Å². The zero-order chi connectivity index (χ0) is 19.2. The molecule has 152 valence electrons. The molecular weight excluding hydrogens is 342 g/mol. The van der Waals surface area contributed by atoms with E-state index in [0.29, 0.717) is 12.2 Å². The molecule has 0 saturated heterocycles.